The second-order valence-corrected chi connectivity index (χ2v) is 6.16. The highest BCUT2D eigenvalue weighted by Gasteiger charge is 2.38. The molecule has 10 heteroatoms. The fourth-order valence-corrected chi connectivity index (χ4v) is 2.89. The Hall–Kier alpha value is -3.43. The maximum Gasteiger partial charge on any atom is 0.490 e. The molecule has 1 unspecified atom stereocenters. The number of halogens is 3. The molecule has 2 aliphatic rings. The van der Waals surface area contributed by atoms with E-state index in [1.165, 1.54) is 0 Å². The van der Waals surface area contributed by atoms with E-state index in [0.717, 1.165) is 16.7 Å². The van der Waals surface area contributed by atoms with E-state index < -0.39 is 12.1 Å². The number of aromatic amines is 1. The number of nitrogens with zero attached hydrogens (tertiary/aromatic N) is 1. The van der Waals surface area contributed by atoms with Crippen molar-refractivity contribution >= 4 is 17.8 Å². The first kappa shape index (κ1) is 19.3. The molecule has 0 aromatic carbocycles. The lowest BCUT2D eigenvalue weighted by atomic mass is 9.90. The summed E-state index contributed by atoms with van der Waals surface area (Å²) >= 11 is 0. The van der Waals surface area contributed by atoms with Gasteiger partial charge < -0.3 is 24.7 Å². The quantitative estimate of drug-likeness (QED) is 0.739. The number of Topliss-reactive ketones (excluding diaryl/α,β-unsaturated/α-hetero) is 1. The second-order valence-electron chi connectivity index (χ2n) is 6.16. The van der Waals surface area contributed by atoms with E-state index in [0.29, 0.717) is 17.9 Å². The lowest BCUT2D eigenvalue weighted by Crippen LogP contribution is -2.31. The standard InChI is InChI=1S/C16H15N3O2.C2HF3O2/c1-19-4-2-11-8-18-15-14(11)13(19)6-12(16(15)20)17-7-10-3-5-21-9-10;3-2(4,5)1(6)7/h2-6,8-9,13,17-18H,7H2,1H3;(H,6,7). The zero-order chi connectivity index (χ0) is 20.5. The van der Waals surface area contributed by atoms with Crippen LogP contribution in [0.4, 0.5) is 13.2 Å². The number of furan rings is 1. The number of allylic oxidation sites excluding steroid dienone is 1. The van der Waals surface area contributed by atoms with E-state index in [1.54, 1.807) is 12.5 Å². The van der Waals surface area contributed by atoms with Crippen LogP contribution < -0.4 is 5.32 Å². The number of carboxylic acids is 1. The average molecular weight is 395 g/mol. The number of H-pyrrole nitrogens is 1. The Labute approximate surface area is 157 Å². The Morgan fingerprint density at radius 3 is 2.75 bits per heavy atom. The number of aromatic nitrogens is 1. The summed E-state index contributed by atoms with van der Waals surface area (Å²) in [6, 6.07) is 1.98. The van der Waals surface area contributed by atoms with Gasteiger partial charge in [-0.25, -0.2) is 4.79 Å². The van der Waals surface area contributed by atoms with Crippen LogP contribution in [0.25, 0.3) is 6.08 Å². The number of alkyl halides is 3. The molecule has 0 bridgehead atoms. The van der Waals surface area contributed by atoms with E-state index in [2.05, 4.69) is 15.2 Å². The Bertz CT molecular complexity index is 942. The summed E-state index contributed by atoms with van der Waals surface area (Å²) in [5, 5.41) is 10.3. The van der Waals surface area contributed by atoms with Crippen molar-refractivity contribution < 1.29 is 32.3 Å². The first-order valence-electron chi connectivity index (χ1n) is 8.11. The maximum atomic E-state index is 12.6. The van der Waals surface area contributed by atoms with Crippen molar-refractivity contribution in [1.82, 2.24) is 15.2 Å². The van der Waals surface area contributed by atoms with Gasteiger partial charge in [-0.05, 0) is 23.8 Å². The van der Waals surface area contributed by atoms with Crippen LogP contribution in [0.3, 0.4) is 0 Å². The minimum atomic E-state index is -5.08. The van der Waals surface area contributed by atoms with Crippen LogP contribution in [0.5, 0.6) is 0 Å². The number of aliphatic carboxylic acids is 1. The third-order valence-corrected chi connectivity index (χ3v) is 4.28. The van der Waals surface area contributed by atoms with Crippen molar-refractivity contribution in [3.05, 3.63) is 65.1 Å². The van der Waals surface area contributed by atoms with Gasteiger partial charge in [0.1, 0.15) is 0 Å². The monoisotopic (exact) mass is 395 g/mol. The van der Waals surface area contributed by atoms with E-state index in [-0.39, 0.29) is 11.8 Å². The number of hydrogen-bond donors (Lipinski definition) is 3. The number of carbonyl (C=O) groups is 2. The molecule has 0 saturated heterocycles. The van der Waals surface area contributed by atoms with Gasteiger partial charge in [0, 0.05) is 37.1 Å². The molecule has 0 radical (unpaired) electrons. The van der Waals surface area contributed by atoms with Gasteiger partial charge in [0.15, 0.2) is 0 Å². The molecule has 28 heavy (non-hydrogen) atoms. The Morgan fingerprint density at radius 2 is 2.14 bits per heavy atom. The number of ketones is 1. The van der Waals surface area contributed by atoms with Gasteiger partial charge in [0.05, 0.1) is 30.0 Å². The summed E-state index contributed by atoms with van der Waals surface area (Å²) in [6.45, 7) is 0.573. The number of nitrogens with one attached hydrogen (secondary N) is 2. The fraction of sp³-hybridized carbons (Fsp3) is 0.222. The van der Waals surface area contributed by atoms with Gasteiger partial charge in [-0.15, -0.1) is 0 Å². The first-order valence-corrected chi connectivity index (χ1v) is 8.11. The van der Waals surface area contributed by atoms with Crippen molar-refractivity contribution in [1.29, 1.82) is 0 Å². The normalized spacial score (nSPS) is 17.4. The van der Waals surface area contributed by atoms with E-state index >= 15 is 0 Å². The molecule has 1 atom stereocenters. The van der Waals surface area contributed by atoms with Gasteiger partial charge in [-0.2, -0.15) is 13.2 Å². The molecular formula is C18H16F3N3O4. The summed E-state index contributed by atoms with van der Waals surface area (Å²) < 4.78 is 36.8. The molecule has 7 nitrogen and oxygen atoms in total. The molecular weight excluding hydrogens is 379 g/mol. The molecule has 0 spiro atoms. The second kappa shape index (κ2) is 7.29. The molecule has 3 N–H and O–H groups in total. The number of hydrogen-bond acceptors (Lipinski definition) is 5. The van der Waals surface area contributed by atoms with Crippen LogP contribution in [0.15, 0.2) is 47.2 Å². The van der Waals surface area contributed by atoms with Gasteiger partial charge in [0.2, 0.25) is 5.78 Å². The number of rotatable bonds is 3. The van der Waals surface area contributed by atoms with Crippen LogP contribution in [0.1, 0.15) is 33.2 Å². The highest BCUT2D eigenvalue weighted by atomic mass is 19.4. The van der Waals surface area contributed by atoms with Crippen molar-refractivity contribution in [3.8, 4) is 0 Å². The molecule has 3 heterocycles. The molecule has 1 aliphatic carbocycles. The van der Waals surface area contributed by atoms with Gasteiger partial charge >= 0.3 is 12.1 Å². The molecule has 2 aromatic rings. The first-order chi connectivity index (χ1) is 13.2. The van der Waals surface area contributed by atoms with Gasteiger partial charge in [0.25, 0.3) is 0 Å². The van der Waals surface area contributed by atoms with Crippen LogP contribution in [0.2, 0.25) is 0 Å². The molecule has 4 rings (SSSR count). The molecule has 0 amide bonds. The third-order valence-electron chi connectivity index (χ3n) is 4.28. The fourth-order valence-electron chi connectivity index (χ4n) is 2.89. The zero-order valence-electron chi connectivity index (χ0n) is 14.6. The summed E-state index contributed by atoms with van der Waals surface area (Å²) in [6.07, 6.45) is 6.16. The molecule has 1 aliphatic heterocycles. The Balaban J connectivity index is 0.000000279. The molecule has 0 fully saturated rings. The minimum Gasteiger partial charge on any atom is -0.475 e. The van der Waals surface area contributed by atoms with E-state index in [1.807, 2.05) is 37.7 Å². The SMILES string of the molecule is CN1C=Cc2c[nH]c3c2C1C=C(NCc1ccoc1)C3=O.O=C(O)C(F)(F)F. The number of carbonyl (C=O) groups excluding carboxylic acids is 1. The van der Waals surface area contributed by atoms with Crippen LogP contribution in [-0.2, 0) is 11.3 Å². The van der Waals surface area contributed by atoms with E-state index in [9.17, 15) is 18.0 Å². The Morgan fingerprint density at radius 1 is 1.43 bits per heavy atom. The van der Waals surface area contributed by atoms with Crippen LogP contribution in [0, 0.1) is 0 Å². The predicted molar refractivity (Wildman–Crippen MR) is 92.0 cm³/mol. The summed E-state index contributed by atoms with van der Waals surface area (Å²) in [5.41, 5.74) is 4.48. The van der Waals surface area contributed by atoms with Gasteiger partial charge in [-0.3, -0.25) is 4.79 Å². The third kappa shape index (κ3) is 3.80. The smallest absolute Gasteiger partial charge is 0.475 e. The molecule has 148 valence electrons. The van der Waals surface area contributed by atoms with Crippen molar-refractivity contribution in [2.24, 2.45) is 0 Å². The average Bonchev–Trinajstić information content (AvgIpc) is 3.29. The molecule has 2 aromatic heterocycles. The number of likely N-dealkylation sites (N-methyl/N-ethyl adjacent to an activating group) is 1. The lowest BCUT2D eigenvalue weighted by Gasteiger charge is -2.32. The predicted octanol–water partition coefficient (Wildman–Crippen LogP) is 3.07. The highest BCUT2D eigenvalue weighted by Crippen LogP contribution is 2.37. The van der Waals surface area contributed by atoms with Crippen molar-refractivity contribution in [2.45, 2.75) is 18.8 Å². The minimum absolute atomic E-state index is 0.0136. The van der Waals surface area contributed by atoms with Crippen LogP contribution >= 0.6 is 0 Å². The summed E-state index contributed by atoms with van der Waals surface area (Å²) in [5.74, 6) is -2.74. The van der Waals surface area contributed by atoms with Crippen molar-refractivity contribution in [3.63, 3.8) is 0 Å². The topological polar surface area (TPSA) is 98.6 Å². The maximum absolute atomic E-state index is 12.6. The summed E-state index contributed by atoms with van der Waals surface area (Å²) in [4.78, 5) is 26.7. The highest BCUT2D eigenvalue weighted by molar-refractivity contribution is 6.10. The Kier molecular flexibility index (Phi) is 5.04. The van der Waals surface area contributed by atoms with Gasteiger partial charge in [-0.1, -0.05) is 0 Å². The lowest BCUT2D eigenvalue weighted by molar-refractivity contribution is -0.192. The van der Waals surface area contributed by atoms with E-state index in [4.69, 9.17) is 14.3 Å². The molecule has 0 saturated carbocycles. The summed E-state index contributed by atoms with van der Waals surface area (Å²) in [7, 11) is 2.01. The zero-order valence-corrected chi connectivity index (χ0v) is 14.6. The largest absolute Gasteiger partial charge is 0.490 e. The number of carboxylic acid groups (broad SMARTS) is 1. The van der Waals surface area contributed by atoms with Crippen molar-refractivity contribution in [2.75, 3.05) is 7.05 Å². The van der Waals surface area contributed by atoms with Crippen LogP contribution in [-0.4, -0.2) is 40.0 Å².